The molecule has 2 saturated heterocycles. The lowest BCUT2D eigenvalue weighted by molar-refractivity contribution is -0.237. The Labute approximate surface area is 204 Å². The van der Waals surface area contributed by atoms with Gasteiger partial charge in [0.1, 0.15) is 0 Å². The highest BCUT2D eigenvalue weighted by molar-refractivity contribution is 5.02. The van der Waals surface area contributed by atoms with Gasteiger partial charge in [-0.05, 0) is 66.5 Å². The smallest absolute Gasteiger partial charge is 0.0824 e. The van der Waals surface area contributed by atoms with Gasteiger partial charge in [0.15, 0.2) is 0 Å². The second-order valence-electron chi connectivity index (χ2n) is 14.1. The lowest BCUT2D eigenvalue weighted by Crippen LogP contribution is -2.62. The van der Waals surface area contributed by atoms with Crippen molar-refractivity contribution in [3.8, 4) is 0 Å². The average molecular weight is 474 g/mol. The molecular formula is C27H55NO5. The van der Waals surface area contributed by atoms with Crippen LogP contribution in [0.15, 0.2) is 0 Å². The quantitative estimate of drug-likeness (QED) is 0.556. The van der Waals surface area contributed by atoms with Crippen LogP contribution >= 0.6 is 0 Å². The van der Waals surface area contributed by atoms with E-state index in [2.05, 4.69) is 53.4 Å². The highest BCUT2D eigenvalue weighted by Gasteiger charge is 2.52. The standard InChI is InChI=1S/C14H28O3.C13H27NO2/c1-9-11(13(5,6)15)14(7,16)8-10(17-9)12(2,3)4;1-9-11(14(6)7)13(5,15)8-10(16-9)12(2,3)4/h9-11,15-16H,8H2,1-7H3;9-11,15H,8H2,1-7H3. The van der Waals surface area contributed by atoms with Crippen molar-refractivity contribution < 1.29 is 24.8 Å². The molecule has 0 bridgehead atoms. The lowest BCUT2D eigenvalue weighted by atomic mass is 9.67. The zero-order valence-corrected chi connectivity index (χ0v) is 24.0. The van der Waals surface area contributed by atoms with Gasteiger partial charge in [-0.2, -0.15) is 0 Å². The molecular weight excluding hydrogens is 418 g/mol. The summed E-state index contributed by atoms with van der Waals surface area (Å²) >= 11 is 0. The van der Waals surface area contributed by atoms with Crippen LogP contribution in [0.4, 0.5) is 0 Å². The number of ether oxygens (including phenoxy) is 2. The van der Waals surface area contributed by atoms with Crippen LogP contribution in [0.1, 0.15) is 95.9 Å². The first kappa shape index (κ1) is 30.8. The Hall–Kier alpha value is -0.240. The summed E-state index contributed by atoms with van der Waals surface area (Å²) in [6.07, 6.45) is 1.31. The van der Waals surface area contributed by atoms with E-state index in [9.17, 15) is 15.3 Å². The molecule has 2 fully saturated rings. The van der Waals surface area contributed by atoms with Gasteiger partial charge in [0.2, 0.25) is 0 Å². The van der Waals surface area contributed by atoms with Gasteiger partial charge in [-0.15, -0.1) is 0 Å². The van der Waals surface area contributed by atoms with Crippen molar-refractivity contribution in [3.63, 3.8) is 0 Å². The minimum absolute atomic E-state index is 0.00280. The molecule has 0 saturated carbocycles. The maximum absolute atomic E-state index is 10.6. The Morgan fingerprint density at radius 2 is 1.09 bits per heavy atom. The van der Waals surface area contributed by atoms with Gasteiger partial charge in [0, 0.05) is 18.8 Å². The van der Waals surface area contributed by atoms with Crippen LogP contribution in [0, 0.1) is 16.7 Å². The molecule has 198 valence electrons. The molecule has 2 aliphatic rings. The van der Waals surface area contributed by atoms with E-state index >= 15 is 0 Å². The van der Waals surface area contributed by atoms with E-state index < -0.39 is 16.8 Å². The van der Waals surface area contributed by atoms with Gasteiger partial charge in [0.05, 0.1) is 47.3 Å². The summed E-state index contributed by atoms with van der Waals surface area (Å²) in [5, 5.41) is 31.4. The highest BCUT2D eigenvalue weighted by Crippen LogP contribution is 2.44. The van der Waals surface area contributed by atoms with E-state index in [1.54, 1.807) is 13.8 Å². The molecule has 0 aliphatic carbocycles. The minimum atomic E-state index is -0.939. The molecule has 6 heteroatoms. The molecule has 0 spiro atoms. The second-order valence-corrected chi connectivity index (χ2v) is 14.1. The van der Waals surface area contributed by atoms with Crippen LogP contribution in [0.3, 0.4) is 0 Å². The molecule has 2 rings (SSSR count). The van der Waals surface area contributed by atoms with Gasteiger partial charge < -0.3 is 29.7 Å². The van der Waals surface area contributed by atoms with Crippen molar-refractivity contribution in [2.45, 2.75) is 143 Å². The summed E-state index contributed by atoms with van der Waals surface area (Å²) in [4.78, 5) is 2.06. The Balaban J connectivity index is 0.000000331. The third kappa shape index (κ3) is 7.88. The van der Waals surface area contributed by atoms with E-state index in [0.29, 0.717) is 12.8 Å². The summed E-state index contributed by atoms with van der Waals surface area (Å²) < 4.78 is 12.1. The lowest BCUT2D eigenvalue weighted by Gasteiger charge is -2.52. The Morgan fingerprint density at radius 3 is 1.36 bits per heavy atom. The predicted molar refractivity (Wildman–Crippen MR) is 135 cm³/mol. The second kappa shape index (κ2) is 10.0. The number of nitrogens with zero attached hydrogens (tertiary/aromatic N) is 1. The Bertz CT molecular complexity index is 624. The Kier molecular flexibility index (Phi) is 9.35. The minimum Gasteiger partial charge on any atom is -0.390 e. The van der Waals surface area contributed by atoms with Gasteiger partial charge in [-0.25, -0.2) is 0 Å². The third-order valence-corrected chi connectivity index (χ3v) is 7.43. The molecule has 8 unspecified atom stereocenters. The normalized spacial score (nSPS) is 40.9. The molecule has 0 aromatic carbocycles. The Morgan fingerprint density at radius 1 is 0.727 bits per heavy atom. The summed E-state index contributed by atoms with van der Waals surface area (Å²) in [7, 11) is 3.99. The first-order chi connectivity index (χ1) is 14.4. The van der Waals surface area contributed by atoms with Crippen molar-refractivity contribution in [2.24, 2.45) is 16.7 Å². The largest absolute Gasteiger partial charge is 0.390 e. The summed E-state index contributed by atoms with van der Waals surface area (Å²) in [5.74, 6) is -0.270. The summed E-state index contributed by atoms with van der Waals surface area (Å²) in [6, 6.07) is 0.0612. The van der Waals surface area contributed by atoms with Crippen molar-refractivity contribution in [1.82, 2.24) is 4.90 Å². The van der Waals surface area contributed by atoms with E-state index in [1.165, 1.54) is 0 Å². The first-order valence-corrected chi connectivity index (χ1v) is 12.6. The van der Waals surface area contributed by atoms with Crippen molar-refractivity contribution in [1.29, 1.82) is 0 Å². The zero-order chi connectivity index (χ0) is 26.4. The molecule has 8 atom stereocenters. The average Bonchev–Trinajstić information content (AvgIpc) is 2.48. The van der Waals surface area contributed by atoms with Gasteiger partial charge in [-0.3, -0.25) is 0 Å². The SMILES string of the molecule is CC1OC(C(C)(C)C)CC(C)(O)C1C(C)(C)O.CC1OC(C(C)(C)C)CC(C)(O)C1N(C)C. The molecule has 6 nitrogen and oxygen atoms in total. The number of aliphatic hydroxyl groups is 3. The topological polar surface area (TPSA) is 82.4 Å². The van der Waals surface area contributed by atoms with Crippen molar-refractivity contribution >= 4 is 0 Å². The third-order valence-electron chi connectivity index (χ3n) is 7.43. The van der Waals surface area contributed by atoms with Crippen LogP contribution in [0.5, 0.6) is 0 Å². The predicted octanol–water partition coefficient (Wildman–Crippen LogP) is 4.24. The van der Waals surface area contributed by atoms with E-state index in [1.807, 2.05) is 34.9 Å². The van der Waals surface area contributed by atoms with Crippen LogP contribution in [-0.2, 0) is 9.47 Å². The fraction of sp³-hybridized carbons (Fsp3) is 1.00. The van der Waals surface area contributed by atoms with Gasteiger partial charge >= 0.3 is 0 Å². The van der Waals surface area contributed by atoms with Crippen LogP contribution < -0.4 is 0 Å². The van der Waals surface area contributed by atoms with Crippen LogP contribution in [0.25, 0.3) is 0 Å². The maximum Gasteiger partial charge on any atom is 0.0824 e. The first-order valence-electron chi connectivity index (χ1n) is 12.6. The fourth-order valence-electron chi connectivity index (χ4n) is 6.11. The molecule has 3 N–H and O–H groups in total. The molecule has 2 aliphatic heterocycles. The van der Waals surface area contributed by atoms with E-state index in [0.717, 1.165) is 0 Å². The van der Waals surface area contributed by atoms with Crippen LogP contribution in [-0.4, -0.2) is 81.6 Å². The van der Waals surface area contributed by atoms with Crippen LogP contribution in [0.2, 0.25) is 0 Å². The zero-order valence-electron chi connectivity index (χ0n) is 24.0. The molecule has 0 amide bonds. The monoisotopic (exact) mass is 473 g/mol. The maximum atomic E-state index is 10.6. The number of hydrogen-bond donors (Lipinski definition) is 3. The van der Waals surface area contributed by atoms with Crippen molar-refractivity contribution in [3.05, 3.63) is 0 Å². The van der Waals surface area contributed by atoms with E-state index in [-0.39, 0.29) is 47.2 Å². The van der Waals surface area contributed by atoms with Crippen molar-refractivity contribution in [2.75, 3.05) is 14.1 Å². The molecule has 2 heterocycles. The number of hydrogen-bond acceptors (Lipinski definition) is 6. The number of rotatable bonds is 2. The molecule has 0 aromatic rings. The van der Waals surface area contributed by atoms with E-state index in [4.69, 9.17) is 9.47 Å². The summed E-state index contributed by atoms with van der Waals surface area (Å²) in [6.45, 7) is 24.0. The van der Waals surface area contributed by atoms with Gasteiger partial charge in [0.25, 0.3) is 0 Å². The molecule has 0 aromatic heterocycles. The summed E-state index contributed by atoms with van der Waals surface area (Å²) in [5.41, 5.74) is -2.43. The molecule has 0 radical (unpaired) electrons. The number of likely N-dealkylation sites (N-methyl/N-ethyl adjacent to an activating group) is 1. The fourth-order valence-corrected chi connectivity index (χ4v) is 6.11. The highest BCUT2D eigenvalue weighted by atomic mass is 16.5. The molecule has 33 heavy (non-hydrogen) atoms. The van der Waals surface area contributed by atoms with Gasteiger partial charge in [-0.1, -0.05) is 41.5 Å².